The number of nitrogens with zero attached hydrogens (tertiary/aromatic N) is 6. The number of nitrogens with one attached hydrogen (secondary N) is 2. The summed E-state index contributed by atoms with van der Waals surface area (Å²) in [7, 11) is 0. The lowest BCUT2D eigenvalue weighted by Gasteiger charge is -2.36. The van der Waals surface area contributed by atoms with Crippen LogP contribution in [0.25, 0.3) is 0 Å². The molecule has 13 nitrogen and oxygen atoms in total. The summed E-state index contributed by atoms with van der Waals surface area (Å²) in [6.07, 6.45) is -6.33. The Kier molecular flexibility index (Phi) is 12.9. The van der Waals surface area contributed by atoms with Gasteiger partial charge in [0.05, 0.1) is 0 Å². The van der Waals surface area contributed by atoms with E-state index in [2.05, 4.69) is 20.3 Å². The van der Waals surface area contributed by atoms with Crippen molar-refractivity contribution in [2.45, 2.75) is 89.0 Å². The molecule has 0 atom stereocenters. The fourth-order valence-electron chi connectivity index (χ4n) is 6.25. The van der Waals surface area contributed by atoms with Gasteiger partial charge in [0, 0.05) is 70.6 Å². The third-order valence-corrected chi connectivity index (χ3v) is 9.17. The van der Waals surface area contributed by atoms with Gasteiger partial charge in [0.1, 0.15) is 0 Å². The normalized spacial score (nSPS) is 18.8. The van der Waals surface area contributed by atoms with Crippen LogP contribution in [-0.2, 0) is 19.2 Å². The Hall–Kier alpha value is -3.93. The largest absolute Gasteiger partial charge is 0.481 e. The zero-order valence-electron chi connectivity index (χ0n) is 27.0. The number of aliphatic carboxylic acids is 1. The van der Waals surface area contributed by atoms with Gasteiger partial charge in [0.15, 0.2) is 0 Å². The van der Waals surface area contributed by atoms with Crippen LogP contribution < -0.4 is 25.3 Å². The van der Waals surface area contributed by atoms with E-state index in [0.29, 0.717) is 83.6 Å². The molecule has 0 radical (unpaired) electrons. The smallest absolute Gasteiger partial charge is 0.471 e. The van der Waals surface area contributed by atoms with Crippen molar-refractivity contribution in [3.63, 3.8) is 0 Å². The highest BCUT2D eigenvalue weighted by molar-refractivity contribution is 5.84. The number of anilines is 3. The third kappa shape index (κ3) is 11.3. The molecule has 3 N–H and O–H groups in total. The fraction of sp³-hybridized carbons (Fsp3) is 0.767. The number of carboxylic acids is 1. The molecule has 0 aromatic carbocycles. The quantitative estimate of drug-likeness (QED) is 0.204. The predicted molar refractivity (Wildman–Crippen MR) is 164 cm³/mol. The van der Waals surface area contributed by atoms with Crippen molar-refractivity contribution in [3.8, 4) is 0 Å². The van der Waals surface area contributed by atoms with Gasteiger partial charge in [-0.05, 0) is 57.3 Å². The van der Waals surface area contributed by atoms with Gasteiger partial charge in [0.25, 0.3) is 0 Å². The van der Waals surface area contributed by atoms with Crippen LogP contribution in [0.4, 0.5) is 44.2 Å². The number of Topliss-reactive ketones (excluding diaryl/α,β-unsaturated/α-hetero) is 1. The molecule has 0 bridgehead atoms. The molecule has 4 heterocycles. The summed E-state index contributed by atoms with van der Waals surface area (Å²) in [6.45, 7) is 2.49. The number of piperidine rings is 3. The van der Waals surface area contributed by atoms with Crippen LogP contribution in [0.15, 0.2) is 0 Å². The molecule has 3 aliphatic heterocycles. The third-order valence-electron chi connectivity index (χ3n) is 9.17. The first-order chi connectivity index (χ1) is 23.1. The molecule has 3 fully saturated rings. The van der Waals surface area contributed by atoms with Gasteiger partial charge in [-0.2, -0.15) is 41.3 Å². The van der Waals surface area contributed by atoms with Crippen LogP contribution in [0.1, 0.15) is 70.6 Å². The van der Waals surface area contributed by atoms with E-state index < -0.39 is 48.4 Å². The van der Waals surface area contributed by atoms with Crippen molar-refractivity contribution in [2.24, 2.45) is 11.8 Å². The topological polar surface area (TPSA) is 161 Å². The first kappa shape index (κ1) is 37.9. The summed E-state index contributed by atoms with van der Waals surface area (Å²) in [6, 6.07) is -0.681. The minimum absolute atomic E-state index is 0.0812. The summed E-state index contributed by atoms with van der Waals surface area (Å²) in [4.78, 5) is 65.8. The molecule has 2 amide bonds. The Bertz CT molecular complexity index is 1240. The highest BCUT2D eigenvalue weighted by Crippen LogP contribution is 2.30. The van der Waals surface area contributed by atoms with Gasteiger partial charge in [0.2, 0.25) is 29.5 Å². The van der Waals surface area contributed by atoms with Crippen molar-refractivity contribution in [3.05, 3.63) is 0 Å². The maximum absolute atomic E-state index is 12.8. The summed E-state index contributed by atoms with van der Waals surface area (Å²) >= 11 is 0. The van der Waals surface area contributed by atoms with E-state index in [0.717, 1.165) is 0 Å². The molecule has 0 saturated carbocycles. The number of halogens is 6. The molecule has 1 aromatic rings. The van der Waals surface area contributed by atoms with Gasteiger partial charge in [-0.3, -0.25) is 19.2 Å². The average Bonchev–Trinajstić information content (AvgIpc) is 3.05. The fourth-order valence-corrected chi connectivity index (χ4v) is 6.25. The zero-order chi connectivity index (χ0) is 35.8. The molecule has 0 aliphatic carbocycles. The standard InChI is InChI=1S/C30H42F6N8O5/c31-29(32,33)22(45)18-19-5-12-42(13-6-19)26-39-27(41-28(40-26)44-16-9-21(10-17-44)38-25(49)30(34,35)36)43-14-7-20(8-15-43)24(48)37-11-3-1-2-4-23(46)47/h19-21H,1-18H2,(H,37,48)(H,38,49)(H,46,47). The molecule has 49 heavy (non-hydrogen) atoms. The highest BCUT2D eigenvalue weighted by Gasteiger charge is 2.41. The molecule has 3 saturated heterocycles. The number of carbonyl (C=O) groups is 4. The Morgan fingerprint density at radius 3 is 1.65 bits per heavy atom. The lowest BCUT2D eigenvalue weighted by molar-refractivity contribution is -0.174. The first-order valence-electron chi connectivity index (χ1n) is 16.6. The Morgan fingerprint density at radius 1 is 0.694 bits per heavy atom. The van der Waals surface area contributed by atoms with E-state index in [4.69, 9.17) is 5.11 Å². The predicted octanol–water partition coefficient (Wildman–Crippen LogP) is 3.23. The second kappa shape index (κ2) is 16.7. The number of amides is 2. The molecule has 4 rings (SSSR count). The Morgan fingerprint density at radius 2 is 1.18 bits per heavy atom. The second-order valence-corrected chi connectivity index (χ2v) is 12.8. The van der Waals surface area contributed by atoms with Crippen LogP contribution >= 0.6 is 0 Å². The van der Waals surface area contributed by atoms with Crippen molar-refractivity contribution in [2.75, 3.05) is 60.5 Å². The lowest BCUT2D eigenvalue weighted by Crippen LogP contribution is -2.49. The number of carbonyl (C=O) groups excluding carboxylic acids is 3. The van der Waals surface area contributed by atoms with Gasteiger partial charge >= 0.3 is 24.2 Å². The van der Waals surface area contributed by atoms with Gasteiger partial charge in [-0.1, -0.05) is 6.42 Å². The number of hydrogen-bond donors (Lipinski definition) is 3. The number of aromatic nitrogens is 3. The highest BCUT2D eigenvalue weighted by atomic mass is 19.4. The molecular formula is C30H42F6N8O5. The van der Waals surface area contributed by atoms with Crippen molar-refractivity contribution >= 4 is 41.4 Å². The molecular weight excluding hydrogens is 666 g/mol. The van der Waals surface area contributed by atoms with Crippen LogP contribution in [0.3, 0.4) is 0 Å². The Balaban J connectivity index is 1.40. The van der Waals surface area contributed by atoms with E-state index in [1.165, 1.54) is 0 Å². The molecule has 19 heteroatoms. The van der Waals surface area contributed by atoms with E-state index in [-0.39, 0.29) is 56.1 Å². The van der Waals surface area contributed by atoms with Gasteiger partial charge < -0.3 is 30.4 Å². The van der Waals surface area contributed by atoms with E-state index in [9.17, 15) is 45.5 Å². The number of hydrogen-bond acceptors (Lipinski definition) is 10. The van der Waals surface area contributed by atoms with E-state index in [1.54, 1.807) is 4.90 Å². The SMILES string of the molecule is O=C(O)CCCCCNC(=O)C1CCN(c2nc(N3CCC(CC(=O)C(F)(F)F)CC3)nc(N3CCC(NC(=O)C(F)(F)F)CC3)n2)CC1. The molecule has 3 aliphatic rings. The van der Waals surface area contributed by atoms with Crippen LogP contribution in [0.5, 0.6) is 0 Å². The summed E-state index contributed by atoms with van der Waals surface area (Å²) in [5.41, 5.74) is 0. The monoisotopic (exact) mass is 708 g/mol. The molecule has 0 unspecified atom stereocenters. The maximum atomic E-state index is 12.8. The number of carboxylic acid groups (broad SMARTS) is 1. The van der Waals surface area contributed by atoms with Gasteiger partial charge in [-0.15, -0.1) is 0 Å². The number of ketones is 1. The Labute approximate surface area is 279 Å². The van der Waals surface area contributed by atoms with Gasteiger partial charge in [-0.25, -0.2) is 0 Å². The van der Waals surface area contributed by atoms with E-state index in [1.807, 2.05) is 15.1 Å². The van der Waals surface area contributed by atoms with E-state index >= 15 is 0 Å². The average molecular weight is 709 g/mol. The zero-order valence-corrected chi connectivity index (χ0v) is 27.0. The summed E-state index contributed by atoms with van der Waals surface area (Å²) in [5, 5.41) is 13.7. The van der Waals surface area contributed by atoms with Crippen molar-refractivity contribution < 1.29 is 50.6 Å². The van der Waals surface area contributed by atoms with Crippen LogP contribution in [-0.4, -0.2) is 108 Å². The van der Waals surface area contributed by atoms with Crippen LogP contribution in [0, 0.1) is 11.8 Å². The molecule has 274 valence electrons. The van der Waals surface area contributed by atoms with Crippen LogP contribution in [0.2, 0.25) is 0 Å². The van der Waals surface area contributed by atoms with Crippen molar-refractivity contribution in [1.29, 1.82) is 0 Å². The second-order valence-electron chi connectivity index (χ2n) is 12.8. The summed E-state index contributed by atoms with van der Waals surface area (Å²) in [5.74, 6) is -4.46. The molecule has 1 aromatic heterocycles. The number of rotatable bonds is 13. The molecule has 0 spiro atoms. The first-order valence-corrected chi connectivity index (χ1v) is 16.6. The minimum Gasteiger partial charge on any atom is -0.481 e. The minimum atomic E-state index is -4.99. The maximum Gasteiger partial charge on any atom is 0.471 e. The van der Waals surface area contributed by atoms with Crippen molar-refractivity contribution in [1.82, 2.24) is 25.6 Å². The number of alkyl halides is 6. The summed E-state index contributed by atoms with van der Waals surface area (Å²) < 4.78 is 76.7. The number of unbranched alkanes of at least 4 members (excludes halogenated alkanes) is 2. The lowest BCUT2D eigenvalue weighted by atomic mass is 9.92.